The predicted molar refractivity (Wildman–Crippen MR) is 84.3 cm³/mol. The molecule has 0 spiro atoms. The van der Waals surface area contributed by atoms with Crippen LogP contribution in [0.15, 0.2) is 36.0 Å². The van der Waals surface area contributed by atoms with E-state index >= 15 is 0 Å². The molecule has 2 aromatic heterocycles. The summed E-state index contributed by atoms with van der Waals surface area (Å²) >= 11 is 1.54. The van der Waals surface area contributed by atoms with E-state index in [9.17, 15) is 4.79 Å². The molecule has 3 rings (SSSR count). The minimum absolute atomic E-state index is 0.0229. The summed E-state index contributed by atoms with van der Waals surface area (Å²) in [4.78, 5) is 12.6. The molecule has 0 saturated heterocycles. The van der Waals surface area contributed by atoms with Crippen molar-refractivity contribution in [2.24, 2.45) is 0 Å². The number of carbonyl (C=O) groups is 1. The van der Waals surface area contributed by atoms with Gasteiger partial charge in [0.25, 0.3) is 5.91 Å². The molecule has 1 N–H and O–H groups in total. The third-order valence-corrected chi connectivity index (χ3v) is 4.07. The Morgan fingerprint density at radius 3 is 3.23 bits per heavy atom. The molecule has 7 heteroatoms. The van der Waals surface area contributed by atoms with Crippen LogP contribution in [-0.2, 0) is 11.2 Å². The van der Waals surface area contributed by atoms with Gasteiger partial charge >= 0.3 is 0 Å². The normalized spacial score (nSPS) is 10.8. The van der Waals surface area contributed by atoms with Gasteiger partial charge in [-0.3, -0.25) is 9.20 Å². The van der Waals surface area contributed by atoms with Crippen LogP contribution in [-0.4, -0.2) is 33.7 Å². The maximum Gasteiger partial charge on any atom is 0.257 e. The van der Waals surface area contributed by atoms with Crippen molar-refractivity contribution < 1.29 is 9.53 Å². The lowest BCUT2D eigenvalue weighted by Gasteiger charge is -2.07. The highest BCUT2D eigenvalue weighted by Gasteiger charge is 2.06. The topological polar surface area (TPSA) is 68.5 Å². The zero-order valence-corrected chi connectivity index (χ0v) is 13.0. The van der Waals surface area contributed by atoms with E-state index in [4.69, 9.17) is 4.74 Å². The third kappa shape index (κ3) is 3.43. The van der Waals surface area contributed by atoms with Crippen LogP contribution in [0.5, 0.6) is 5.75 Å². The predicted octanol–water partition coefficient (Wildman–Crippen LogP) is 1.84. The van der Waals surface area contributed by atoms with Crippen LogP contribution >= 0.6 is 11.3 Å². The highest BCUT2D eigenvalue weighted by Crippen LogP contribution is 2.13. The number of fused-ring (bicyclic) bond motifs is 1. The van der Waals surface area contributed by atoms with Gasteiger partial charge < -0.3 is 10.1 Å². The van der Waals surface area contributed by atoms with Gasteiger partial charge in [0.15, 0.2) is 6.61 Å². The molecule has 0 unspecified atom stereocenters. The molecule has 2 heterocycles. The summed E-state index contributed by atoms with van der Waals surface area (Å²) < 4.78 is 7.39. The standard InChI is InChI=1S/C15H16N4O2S/c1-11-3-2-4-13(7-11)21-8-14(20)16-6-5-12-9-22-15-18-17-10-19(12)15/h2-4,7,9-10H,5-6,8H2,1H3,(H,16,20). The van der Waals surface area contributed by atoms with Crippen molar-refractivity contribution in [1.82, 2.24) is 19.9 Å². The Balaban J connectivity index is 1.44. The first-order valence-electron chi connectivity index (χ1n) is 6.94. The van der Waals surface area contributed by atoms with E-state index < -0.39 is 0 Å². The molecule has 22 heavy (non-hydrogen) atoms. The molecular weight excluding hydrogens is 300 g/mol. The quantitative estimate of drug-likeness (QED) is 0.753. The van der Waals surface area contributed by atoms with E-state index in [2.05, 4.69) is 15.5 Å². The fourth-order valence-corrected chi connectivity index (χ4v) is 2.94. The maximum atomic E-state index is 11.8. The van der Waals surface area contributed by atoms with E-state index in [0.29, 0.717) is 12.3 Å². The zero-order chi connectivity index (χ0) is 15.4. The molecule has 0 aliphatic carbocycles. The largest absolute Gasteiger partial charge is 0.484 e. The van der Waals surface area contributed by atoms with Crippen molar-refractivity contribution in [3.05, 3.63) is 47.2 Å². The van der Waals surface area contributed by atoms with Gasteiger partial charge in [-0.25, -0.2) is 0 Å². The number of thiazole rings is 1. The first kappa shape index (κ1) is 14.5. The van der Waals surface area contributed by atoms with Crippen LogP contribution in [0.1, 0.15) is 11.3 Å². The van der Waals surface area contributed by atoms with Crippen LogP contribution in [0.25, 0.3) is 4.96 Å². The van der Waals surface area contributed by atoms with Crippen molar-refractivity contribution in [3.63, 3.8) is 0 Å². The zero-order valence-electron chi connectivity index (χ0n) is 12.2. The van der Waals surface area contributed by atoms with E-state index in [-0.39, 0.29) is 12.5 Å². The van der Waals surface area contributed by atoms with E-state index in [1.165, 1.54) is 0 Å². The van der Waals surface area contributed by atoms with Gasteiger partial charge in [0, 0.05) is 24.0 Å². The maximum absolute atomic E-state index is 11.8. The van der Waals surface area contributed by atoms with Crippen LogP contribution in [0.4, 0.5) is 0 Å². The number of hydrogen-bond donors (Lipinski definition) is 1. The molecule has 1 amide bonds. The number of benzene rings is 1. The van der Waals surface area contributed by atoms with Crippen LogP contribution in [0.2, 0.25) is 0 Å². The Morgan fingerprint density at radius 1 is 1.45 bits per heavy atom. The molecule has 0 atom stereocenters. The number of carbonyl (C=O) groups excluding carboxylic acids is 1. The van der Waals surface area contributed by atoms with Crippen molar-refractivity contribution in [3.8, 4) is 5.75 Å². The molecule has 114 valence electrons. The summed E-state index contributed by atoms with van der Waals surface area (Å²) in [5.74, 6) is 0.580. The van der Waals surface area contributed by atoms with E-state index in [1.54, 1.807) is 17.7 Å². The Morgan fingerprint density at radius 2 is 2.36 bits per heavy atom. The lowest BCUT2D eigenvalue weighted by molar-refractivity contribution is -0.123. The second-order valence-electron chi connectivity index (χ2n) is 4.92. The van der Waals surface area contributed by atoms with E-state index in [1.807, 2.05) is 41.0 Å². The average molecular weight is 316 g/mol. The molecule has 0 radical (unpaired) electrons. The van der Waals surface area contributed by atoms with Gasteiger partial charge in [-0.05, 0) is 24.6 Å². The molecule has 6 nitrogen and oxygen atoms in total. The summed E-state index contributed by atoms with van der Waals surface area (Å²) in [7, 11) is 0. The molecule has 0 aliphatic heterocycles. The first-order chi connectivity index (χ1) is 10.7. The summed E-state index contributed by atoms with van der Waals surface area (Å²) in [6.45, 7) is 2.56. The second-order valence-corrected chi connectivity index (χ2v) is 5.75. The van der Waals surface area contributed by atoms with Gasteiger partial charge in [-0.15, -0.1) is 21.5 Å². The van der Waals surface area contributed by atoms with Gasteiger partial charge in [0.05, 0.1) is 0 Å². The third-order valence-electron chi connectivity index (χ3n) is 3.19. The second kappa shape index (κ2) is 6.57. The SMILES string of the molecule is Cc1cccc(OCC(=O)NCCc2csc3nncn23)c1. The lowest BCUT2D eigenvalue weighted by atomic mass is 10.2. The smallest absolute Gasteiger partial charge is 0.257 e. The first-order valence-corrected chi connectivity index (χ1v) is 7.82. The Hall–Kier alpha value is -2.41. The Kier molecular flexibility index (Phi) is 4.34. The molecule has 0 saturated carbocycles. The number of nitrogens with zero attached hydrogens (tertiary/aromatic N) is 3. The highest BCUT2D eigenvalue weighted by atomic mass is 32.1. The number of nitrogens with one attached hydrogen (secondary N) is 1. The van der Waals surface area contributed by atoms with Gasteiger partial charge in [0.1, 0.15) is 12.1 Å². The van der Waals surface area contributed by atoms with Crippen LogP contribution in [0, 0.1) is 6.92 Å². The van der Waals surface area contributed by atoms with Crippen molar-refractivity contribution in [2.45, 2.75) is 13.3 Å². The van der Waals surface area contributed by atoms with Crippen molar-refractivity contribution >= 4 is 22.2 Å². The fourth-order valence-electron chi connectivity index (χ4n) is 2.09. The highest BCUT2D eigenvalue weighted by molar-refractivity contribution is 7.15. The van der Waals surface area contributed by atoms with Gasteiger partial charge in [0.2, 0.25) is 4.96 Å². The monoisotopic (exact) mass is 316 g/mol. The number of ether oxygens (including phenoxy) is 1. The summed E-state index contributed by atoms with van der Waals surface area (Å²) in [5, 5.41) is 12.7. The van der Waals surface area contributed by atoms with Crippen molar-refractivity contribution in [1.29, 1.82) is 0 Å². The Bertz CT molecular complexity index is 781. The molecule has 0 aliphatic rings. The lowest BCUT2D eigenvalue weighted by Crippen LogP contribution is -2.30. The fraction of sp³-hybridized carbons (Fsp3) is 0.267. The van der Waals surface area contributed by atoms with E-state index in [0.717, 1.165) is 22.6 Å². The summed E-state index contributed by atoms with van der Waals surface area (Å²) in [5.41, 5.74) is 2.19. The van der Waals surface area contributed by atoms with Gasteiger partial charge in [-0.1, -0.05) is 12.1 Å². The number of aryl methyl sites for hydroxylation is 1. The number of amides is 1. The van der Waals surface area contributed by atoms with Crippen LogP contribution < -0.4 is 10.1 Å². The minimum atomic E-state index is -0.128. The summed E-state index contributed by atoms with van der Waals surface area (Å²) in [6.07, 6.45) is 2.41. The summed E-state index contributed by atoms with van der Waals surface area (Å²) in [6, 6.07) is 7.64. The number of rotatable bonds is 6. The number of aromatic nitrogens is 3. The van der Waals surface area contributed by atoms with Crippen molar-refractivity contribution in [2.75, 3.05) is 13.2 Å². The molecule has 0 bridgehead atoms. The average Bonchev–Trinajstić information content (AvgIpc) is 3.10. The molecule has 0 fully saturated rings. The number of hydrogen-bond acceptors (Lipinski definition) is 5. The molecule has 3 aromatic rings. The molecular formula is C15H16N4O2S. The van der Waals surface area contributed by atoms with Crippen LogP contribution in [0.3, 0.4) is 0 Å². The Labute approximate surface area is 131 Å². The minimum Gasteiger partial charge on any atom is -0.484 e. The molecule has 1 aromatic carbocycles. The van der Waals surface area contributed by atoms with Gasteiger partial charge in [-0.2, -0.15) is 0 Å².